The van der Waals surface area contributed by atoms with Gasteiger partial charge in [-0.3, -0.25) is 4.79 Å². The summed E-state index contributed by atoms with van der Waals surface area (Å²) in [6.45, 7) is 6.17. The Hall–Kier alpha value is -3.43. The summed E-state index contributed by atoms with van der Waals surface area (Å²) in [5.41, 5.74) is 1.91. The van der Waals surface area contributed by atoms with Crippen LogP contribution < -0.4 is 5.32 Å². The SMILES string of the molecule is CCCN(OC1=CC=CCC1=O)S(=O)(=O)[C@H](CCc1ccccc1)C(C)C(C)CNC(=O)OCc1ccccc1. The number of allylic oxidation sites excluding steroid dienone is 4. The van der Waals surface area contributed by atoms with E-state index in [2.05, 4.69) is 5.32 Å². The molecule has 216 valence electrons. The molecule has 1 aliphatic carbocycles. The molecule has 0 spiro atoms. The number of carbonyl (C=O) groups excluding carboxylic acids is 2. The van der Waals surface area contributed by atoms with Gasteiger partial charge in [0.05, 0.1) is 11.8 Å². The molecule has 0 saturated heterocycles. The Morgan fingerprint density at radius 3 is 2.30 bits per heavy atom. The molecular formula is C31H40N2O6S. The summed E-state index contributed by atoms with van der Waals surface area (Å²) in [6.07, 6.45) is 5.93. The summed E-state index contributed by atoms with van der Waals surface area (Å²) < 4.78 is 34.5. The number of hydroxylamine groups is 1. The average Bonchev–Trinajstić information content (AvgIpc) is 2.96. The normalized spacial score (nSPS) is 15.7. The summed E-state index contributed by atoms with van der Waals surface area (Å²) in [4.78, 5) is 30.5. The van der Waals surface area contributed by atoms with E-state index in [0.717, 1.165) is 15.6 Å². The van der Waals surface area contributed by atoms with Crippen LogP contribution in [0.4, 0.5) is 4.79 Å². The number of Topliss-reactive ketones (excluding diaryl/α,β-unsaturated/α-hetero) is 1. The number of rotatable bonds is 15. The lowest BCUT2D eigenvalue weighted by molar-refractivity contribution is -0.125. The van der Waals surface area contributed by atoms with E-state index in [4.69, 9.17) is 9.57 Å². The zero-order valence-electron chi connectivity index (χ0n) is 23.5. The van der Waals surface area contributed by atoms with E-state index in [9.17, 15) is 18.0 Å². The third-order valence-electron chi connectivity index (χ3n) is 7.06. The summed E-state index contributed by atoms with van der Waals surface area (Å²) in [5.74, 6) is -0.784. The second-order valence-corrected chi connectivity index (χ2v) is 12.1. The van der Waals surface area contributed by atoms with Gasteiger partial charge in [-0.15, -0.1) is 0 Å². The van der Waals surface area contributed by atoms with Crippen LogP contribution in [0.1, 0.15) is 51.2 Å². The summed E-state index contributed by atoms with van der Waals surface area (Å²) in [6, 6.07) is 19.1. The highest BCUT2D eigenvalue weighted by atomic mass is 32.2. The van der Waals surface area contributed by atoms with E-state index in [1.807, 2.05) is 81.4 Å². The van der Waals surface area contributed by atoms with E-state index in [1.165, 1.54) is 6.08 Å². The fourth-order valence-corrected chi connectivity index (χ4v) is 6.63. The van der Waals surface area contributed by atoms with E-state index in [0.29, 0.717) is 19.3 Å². The number of nitrogens with one attached hydrogen (secondary N) is 1. The minimum atomic E-state index is -4.00. The Labute approximate surface area is 238 Å². The number of hydrogen-bond acceptors (Lipinski definition) is 6. The van der Waals surface area contributed by atoms with Crippen LogP contribution in [-0.4, -0.2) is 43.1 Å². The first-order valence-corrected chi connectivity index (χ1v) is 15.3. The van der Waals surface area contributed by atoms with Crippen LogP contribution in [0.25, 0.3) is 0 Å². The van der Waals surface area contributed by atoms with Crippen LogP contribution in [0.15, 0.2) is 84.7 Å². The van der Waals surface area contributed by atoms with E-state index >= 15 is 0 Å². The van der Waals surface area contributed by atoms with Crippen molar-refractivity contribution in [1.82, 2.24) is 9.79 Å². The Morgan fingerprint density at radius 1 is 1.02 bits per heavy atom. The van der Waals surface area contributed by atoms with Crippen LogP contribution >= 0.6 is 0 Å². The van der Waals surface area contributed by atoms with Crippen LogP contribution in [0.2, 0.25) is 0 Å². The van der Waals surface area contributed by atoms with Gasteiger partial charge in [-0.05, 0) is 52.8 Å². The van der Waals surface area contributed by atoms with Gasteiger partial charge in [-0.1, -0.05) is 93.6 Å². The van der Waals surface area contributed by atoms with Crippen molar-refractivity contribution < 1.29 is 27.6 Å². The van der Waals surface area contributed by atoms with E-state index in [1.54, 1.807) is 12.2 Å². The molecule has 1 amide bonds. The fourth-order valence-electron chi connectivity index (χ4n) is 4.48. The second-order valence-electron chi connectivity index (χ2n) is 10.1. The zero-order valence-corrected chi connectivity index (χ0v) is 24.3. The predicted molar refractivity (Wildman–Crippen MR) is 155 cm³/mol. The molecule has 3 rings (SSSR count). The fraction of sp³-hybridized carbons (Fsp3) is 0.419. The van der Waals surface area contributed by atoms with Gasteiger partial charge in [0.15, 0.2) is 5.76 Å². The van der Waals surface area contributed by atoms with Crippen molar-refractivity contribution >= 4 is 21.9 Å². The van der Waals surface area contributed by atoms with E-state index in [-0.39, 0.29) is 49.5 Å². The lowest BCUT2D eigenvalue weighted by Gasteiger charge is -2.33. The molecule has 0 radical (unpaired) electrons. The number of nitrogens with zero attached hydrogens (tertiary/aromatic N) is 1. The highest BCUT2D eigenvalue weighted by Gasteiger charge is 2.39. The number of amides is 1. The Balaban J connectivity index is 1.74. The number of aryl methyl sites for hydroxylation is 1. The van der Waals surface area contributed by atoms with Gasteiger partial charge in [-0.25, -0.2) is 13.2 Å². The molecule has 0 aliphatic heterocycles. The zero-order chi connectivity index (χ0) is 29.0. The molecular weight excluding hydrogens is 528 g/mol. The van der Waals surface area contributed by atoms with Crippen LogP contribution in [0.3, 0.4) is 0 Å². The third-order valence-corrected chi connectivity index (χ3v) is 9.31. The quantitative estimate of drug-likeness (QED) is 0.282. The molecule has 3 atom stereocenters. The van der Waals surface area contributed by atoms with Crippen molar-refractivity contribution in [3.63, 3.8) is 0 Å². The van der Waals surface area contributed by atoms with Gasteiger partial charge >= 0.3 is 6.09 Å². The molecule has 0 fully saturated rings. The molecule has 0 bridgehead atoms. The van der Waals surface area contributed by atoms with Gasteiger partial charge in [0.1, 0.15) is 6.61 Å². The summed E-state index contributed by atoms with van der Waals surface area (Å²) >= 11 is 0. The number of hydrogen-bond donors (Lipinski definition) is 1. The first kappa shape index (κ1) is 31.1. The van der Waals surface area contributed by atoms with Gasteiger partial charge in [0, 0.05) is 13.0 Å². The number of carbonyl (C=O) groups is 2. The van der Waals surface area contributed by atoms with Gasteiger partial charge < -0.3 is 14.9 Å². The van der Waals surface area contributed by atoms with Crippen LogP contribution in [0.5, 0.6) is 0 Å². The summed E-state index contributed by atoms with van der Waals surface area (Å²) in [7, 11) is -4.00. The molecule has 2 aromatic carbocycles. The van der Waals surface area contributed by atoms with Crippen molar-refractivity contribution in [2.75, 3.05) is 13.1 Å². The van der Waals surface area contributed by atoms with Crippen LogP contribution in [0, 0.1) is 11.8 Å². The molecule has 9 heteroatoms. The smallest absolute Gasteiger partial charge is 0.407 e. The van der Waals surface area contributed by atoms with Crippen molar-refractivity contribution in [2.45, 2.75) is 58.3 Å². The van der Waals surface area contributed by atoms with Crippen molar-refractivity contribution in [3.05, 3.63) is 95.8 Å². The number of ether oxygens (including phenoxy) is 1. The van der Waals surface area contributed by atoms with Crippen LogP contribution in [-0.2, 0) is 37.4 Å². The largest absolute Gasteiger partial charge is 0.445 e. The minimum Gasteiger partial charge on any atom is -0.445 e. The topological polar surface area (TPSA) is 102 Å². The Bertz CT molecular complexity index is 1260. The standard InChI is InChI=1S/C31H40N2O6S/c1-4-21-33(39-29-18-12-11-17-28(29)34)40(36,37)30(20-19-26-13-7-5-8-14-26)25(3)24(2)22-32-31(35)38-23-27-15-9-6-10-16-27/h5-16,18,24-25,30H,4,17,19-23H2,1-3H3,(H,32,35)/t24?,25?,30-/m1/s1. The third kappa shape index (κ3) is 9.06. The Morgan fingerprint density at radius 2 is 1.68 bits per heavy atom. The van der Waals surface area contributed by atoms with Gasteiger partial charge in [-0.2, -0.15) is 0 Å². The average molecular weight is 569 g/mol. The molecule has 0 saturated carbocycles. The number of sulfonamides is 1. The highest BCUT2D eigenvalue weighted by molar-refractivity contribution is 7.89. The van der Waals surface area contributed by atoms with E-state index < -0.39 is 21.4 Å². The predicted octanol–water partition coefficient (Wildman–Crippen LogP) is 5.57. The molecule has 0 heterocycles. The monoisotopic (exact) mass is 568 g/mol. The van der Waals surface area contributed by atoms with Gasteiger partial charge in [0.2, 0.25) is 15.8 Å². The molecule has 40 heavy (non-hydrogen) atoms. The maximum Gasteiger partial charge on any atom is 0.407 e. The lowest BCUT2D eigenvalue weighted by atomic mass is 9.89. The second kappa shape index (κ2) is 15.4. The summed E-state index contributed by atoms with van der Waals surface area (Å²) in [5, 5.41) is 1.96. The minimum absolute atomic E-state index is 0.0184. The lowest BCUT2D eigenvalue weighted by Crippen LogP contribution is -2.45. The van der Waals surface area contributed by atoms with Gasteiger partial charge in [0.25, 0.3) is 0 Å². The van der Waals surface area contributed by atoms with Crippen molar-refractivity contribution in [2.24, 2.45) is 11.8 Å². The molecule has 2 unspecified atom stereocenters. The maximum atomic E-state index is 14.1. The molecule has 2 aromatic rings. The first-order chi connectivity index (χ1) is 19.2. The molecule has 1 aliphatic rings. The Kier molecular flexibility index (Phi) is 12.0. The number of benzene rings is 2. The number of alkyl carbamates (subject to hydrolysis) is 1. The molecule has 1 N–H and O–H groups in total. The van der Waals surface area contributed by atoms with Crippen molar-refractivity contribution in [1.29, 1.82) is 0 Å². The molecule has 8 nitrogen and oxygen atoms in total. The molecule has 0 aromatic heterocycles. The maximum absolute atomic E-state index is 14.1. The first-order valence-electron chi connectivity index (χ1n) is 13.8. The highest BCUT2D eigenvalue weighted by Crippen LogP contribution is 2.29. The number of ketones is 1. The van der Waals surface area contributed by atoms with Crippen molar-refractivity contribution in [3.8, 4) is 0 Å².